The van der Waals surface area contributed by atoms with E-state index >= 15 is 0 Å². The van der Waals surface area contributed by atoms with Crippen LogP contribution in [0.15, 0.2) is 54.6 Å². The van der Waals surface area contributed by atoms with Crippen molar-refractivity contribution in [2.75, 3.05) is 11.9 Å². The van der Waals surface area contributed by atoms with Crippen LogP contribution in [-0.4, -0.2) is 13.1 Å². The lowest BCUT2D eigenvalue weighted by Gasteiger charge is -2.18. The zero-order valence-electron chi connectivity index (χ0n) is 10.6. The summed E-state index contributed by atoms with van der Waals surface area (Å²) < 4.78 is 0. The van der Waals surface area contributed by atoms with Crippen LogP contribution in [0.2, 0.25) is 5.02 Å². The summed E-state index contributed by atoms with van der Waals surface area (Å²) in [5.41, 5.74) is 1.75. The molecule has 2 aromatic rings. The Kier molecular flexibility index (Phi) is 4.42. The summed E-state index contributed by atoms with van der Waals surface area (Å²) in [7, 11) is 1.73. The van der Waals surface area contributed by atoms with Gasteiger partial charge in [-0.15, -0.1) is 0 Å². The first-order chi connectivity index (χ1) is 9.18. The first kappa shape index (κ1) is 13.4. The van der Waals surface area contributed by atoms with Crippen LogP contribution in [-0.2, 0) is 6.54 Å². The van der Waals surface area contributed by atoms with Gasteiger partial charge in [-0.2, -0.15) is 0 Å². The number of anilines is 1. The standard InChI is InChI=1S/C15H15ClN2O/c1-18(13-8-3-2-4-9-13)15(19)17-11-12-7-5-6-10-14(12)16/h2-10H,11H2,1H3,(H,17,19). The van der Waals surface area contributed by atoms with E-state index in [1.54, 1.807) is 11.9 Å². The molecule has 0 saturated heterocycles. The molecule has 0 aromatic heterocycles. The van der Waals surface area contributed by atoms with E-state index in [2.05, 4.69) is 5.32 Å². The second-order valence-corrected chi connectivity index (χ2v) is 4.55. The summed E-state index contributed by atoms with van der Waals surface area (Å²) >= 11 is 6.04. The minimum Gasteiger partial charge on any atom is -0.334 e. The van der Waals surface area contributed by atoms with E-state index in [0.717, 1.165) is 11.3 Å². The lowest BCUT2D eigenvalue weighted by Crippen LogP contribution is -2.36. The Morgan fingerprint density at radius 3 is 2.42 bits per heavy atom. The third-order valence-electron chi connectivity index (χ3n) is 2.84. The second-order valence-electron chi connectivity index (χ2n) is 4.14. The van der Waals surface area contributed by atoms with Gasteiger partial charge >= 0.3 is 6.03 Å². The molecule has 0 aliphatic carbocycles. The van der Waals surface area contributed by atoms with Crippen molar-refractivity contribution < 1.29 is 4.79 Å². The van der Waals surface area contributed by atoms with Crippen LogP contribution in [0, 0.1) is 0 Å². The average Bonchev–Trinajstić information content (AvgIpc) is 2.46. The van der Waals surface area contributed by atoms with Crippen molar-refractivity contribution in [2.24, 2.45) is 0 Å². The molecule has 0 saturated carbocycles. The van der Waals surface area contributed by atoms with Crippen LogP contribution in [0.5, 0.6) is 0 Å². The molecule has 0 aliphatic rings. The van der Waals surface area contributed by atoms with Crippen LogP contribution in [0.4, 0.5) is 10.5 Å². The fourth-order valence-corrected chi connectivity index (χ4v) is 1.90. The predicted molar refractivity (Wildman–Crippen MR) is 78.5 cm³/mol. The van der Waals surface area contributed by atoms with Crippen molar-refractivity contribution >= 4 is 23.3 Å². The molecule has 2 amide bonds. The SMILES string of the molecule is CN(C(=O)NCc1ccccc1Cl)c1ccccc1. The summed E-state index contributed by atoms with van der Waals surface area (Å²) in [4.78, 5) is 13.6. The highest BCUT2D eigenvalue weighted by Gasteiger charge is 2.10. The molecule has 0 bridgehead atoms. The summed E-state index contributed by atoms with van der Waals surface area (Å²) in [5, 5.41) is 3.50. The van der Waals surface area contributed by atoms with Gasteiger partial charge in [-0.05, 0) is 23.8 Å². The Balaban J connectivity index is 1.97. The molecule has 98 valence electrons. The van der Waals surface area contributed by atoms with Gasteiger partial charge in [0.15, 0.2) is 0 Å². The highest BCUT2D eigenvalue weighted by atomic mass is 35.5. The quantitative estimate of drug-likeness (QED) is 0.910. The first-order valence-electron chi connectivity index (χ1n) is 5.98. The van der Waals surface area contributed by atoms with Crippen molar-refractivity contribution in [1.82, 2.24) is 5.32 Å². The second kappa shape index (κ2) is 6.25. The van der Waals surface area contributed by atoms with Gasteiger partial charge in [-0.25, -0.2) is 4.79 Å². The maximum Gasteiger partial charge on any atom is 0.321 e. The fraction of sp³-hybridized carbons (Fsp3) is 0.133. The van der Waals surface area contributed by atoms with Crippen LogP contribution in [0.1, 0.15) is 5.56 Å². The van der Waals surface area contributed by atoms with E-state index in [-0.39, 0.29) is 6.03 Å². The van der Waals surface area contributed by atoms with Crippen LogP contribution >= 0.6 is 11.6 Å². The number of urea groups is 1. The lowest BCUT2D eigenvalue weighted by atomic mass is 10.2. The lowest BCUT2D eigenvalue weighted by molar-refractivity contribution is 0.247. The number of amides is 2. The monoisotopic (exact) mass is 274 g/mol. The van der Waals surface area contributed by atoms with E-state index in [1.165, 1.54) is 0 Å². The number of halogens is 1. The van der Waals surface area contributed by atoms with E-state index in [1.807, 2.05) is 54.6 Å². The smallest absolute Gasteiger partial charge is 0.321 e. The number of nitrogens with one attached hydrogen (secondary N) is 1. The van der Waals surface area contributed by atoms with Crippen LogP contribution in [0.3, 0.4) is 0 Å². The molecule has 2 rings (SSSR count). The minimum atomic E-state index is -0.161. The molecule has 0 atom stereocenters. The van der Waals surface area contributed by atoms with Gasteiger partial charge in [-0.3, -0.25) is 4.90 Å². The number of nitrogens with zero attached hydrogens (tertiary/aromatic N) is 1. The van der Waals surface area contributed by atoms with Crippen molar-refractivity contribution in [2.45, 2.75) is 6.54 Å². The number of benzene rings is 2. The van der Waals surface area contributed by atoms with Crippen molar-refractivity contribution in [3.8, 4) is 0 Å². The van der Waals surface area contributed by atoms with E-state index < -0.39 is 0 Å². The Morgan fingerprint density at radius 1 is 1.11 bits per heavy atom. The van der Waals surface area contributed by atoms with E-state index in [4.69, 9.17) is 11.6 Å². The normalized spacial score (nSPS) is 10.0. The van der Waals surface area contributed by atoms with Crippen molar-refractivity contribution in [3.05, 3.63) is 65.2 Å². The zero-order valence-corrected chi connectivity index (χ0v) is 11.4. The molecular formula is C15H15ClN2O. The van der Waals surface area contributed by atoms with E-state index in [0.29, 0.717) is 11.6 Å². The molecule has 0 radical (unpaired) electrons. The Morgan fingerprint density at radius 2 is 1.74 bits per heavy atom. The maximum absolute atomic E-state index is 12.0. The highest BCUT2D eigenvalue weighted by Crippen LogP contribution is 2.15. The van der Waals surface area contributed by atoms with Crippen molar-refractivity contribution in [3.63, 3.8) is 0 Å². The van der Waals surface area contributed by atoms with E-state index in [9.17, 15) is 4.79 Å². The van der Waals surface area contributed by atoms with Crippen LogP contribution in [0.25, 0.3) is 0 Å². The topological polar surface area (TPSA) is 32.3 Å². The van der Waals surface area contributed by atoms with Crippen LogP contribution < -0.4 is 10.2 Å². The molecule has 3 nitrogen and oxygen atoms in total. The molecule has 0 unspecified atom stereocenters. The van der Waals surface area contributed by atoms with Gasteiger partial charge in [0, 0.05) is 24.3 Å². The van der Waals surface area contributed by atoms with Gasteiger partial charge < -0.3 is 5.32 Å². The first-order valence-corrected chi connectivity index (χ1v) is 6.36. The fourth-order valence-electron chi connectivity index (χ4n) is 1.70. The summed E-state index contributed by atoms with van der Waals surface area (Å²) in [6.07, 6.45) is 0. The molecule has 0 fully saturated rings. The number of para-hydroxylation sites is 1. The van der Waals surface area contributed by atoms with Gasteiger partial charge in [0.1, 0.15) is 0 Å². The Hall–Kier alpha value is -2.00. The number of carbonyl (C=O) groups is 1. The van der Waals surface area contributed by atoms with Gasteiger partial charge in [-0.1, -0.05) is 48.0 Å². The highest BCUT2D eigenvalue weighted by molar-refractivity contribution is 6.31. The maximum atomic E-state index is 12.0. The third kappa shape index (κ3) is 3.48. The molecular weight excluding hydrogens is 260 g/mol. The molecule has 0 heterocycles. The summed E-state index contributed by atoms with van der Waals surface area (Å²) in [5.74, 6) is 0. The minimum absolute atomic E-state index is 0.161. The number of hydrogen-bond donors (Lipinski definition) is 1. The molecule has 2 aromatic carbocycles. The summed E-state index contributed by atoms with van der Waals surface area (Å²) in [6, 6.07) is 16.8. The number of hydrogen-bond acceptors (Lipinski definition) is 1. The molecule has 0 spiro atoms. The molecule has 0 aliphatic heterocycles. The summed E-state index contributed by atoms with van der Waals surface area (Å²) in [6.45, 7) is 0.412. The molecule has 19 heavy (non-hydrogen) atoms. The predicted octanol–water partition coefficient (Wildman–Crippen LogP) is 3.69. The average molecular weight is 275 g/mol. The Bertz CT molecular complexity index is 557. The molecule has 4 heteroatoms. The van der Waals surface area contributed by atoms with Gasteiger partial charge in [0.05, 0.1) is 0 Å². The Labute approximate surface area is 117 Å². The molecule has 1 N–H and O–H groups in total. The van der Waals surface area contributed by atoms with Gasteiger partial charge in [0.2, 0.25) is 0 Å². The third-order valence-corrected chi connectivity index (χ3v) is 3.20. The largest absolute Gasteiger partial charge is 0.334 e. The zero-order chi connectivity index (χ0) is 13.7. The van der Waals surface area contributed by atoms with Gasteiger partial charge in [0.25, 0.3) is 0 Å². The van der Waals surface area contributed by atoms with Crippen molar-refractivity contribution in [1.29, 1.82) is 0 Å². The number of carbonyl (C=O) groups excluding carboxylic acids is 1. The number of rotatable bonds is 3.